The summed E-state index contributed by atoms with van der Waals surface area (Å²) in [5.74, 6) is -0.834. The van der Waals surface area contributed by atoms with Crippen molar-refractivity contribution in [3.05, 3.63) is 36.5 Å². The molecule has 0 saturated carbocycles. The Morgan fingerprint density at radius 2 is 1.02 bits per heavy atom. The van der Waals surface area contributed by atoms with Gasteiger partial charge in [-0.15, -0.1) is 0 Å². The fourth-order valence-corrected chi connectivity index (χ4v) is 6.45. The zero-order valence-electron chi connectivity index (χ0n) is 34.7. The van der Waals surface area contributed by atoms with Gasteiger partial charge in [0, 0.05) is 12.8 Å². The number of allylic oxidation sites excluding steroid dienone is 6. The number of aliphatic hydroxyl groups is 4. The lowest BCUT2D eigenvalue weighted by atomic mass is 9.99. The number of carbonyl (C=O) groups is 2. The highest BCUT2D eigenvalue weighted by molar-refractivity contribution is 5.70. The maximum absolute atomic E-state index is 12.7. The Morgan fingerprint density at radius 3 is 1.58 bits per heavy atom. The van der Waals surface area contributed by atoms with Gasteiger partial charge in [0.25, 0.3) is 0 Å². The van der Waals surface area contributed by atoms with E-state index in [0.29, 0.717) is 12.8 Å². The lowest BCUT2D eigenvalue weighted by molar-refractivity contribution is -0.305. The number of carbonyl (C=O) groups excluding carboxylic acids is 2. The van der Waals surface area contributed by atoms with Crippen molar-refractivity contribution < 1.29 is 49.0 Å². The number of hydrogen-bond acceptors (Lipinski definition) is 10. The summed E-state index contributed by atoms with van der Waals surface area (Å²) in [4.78, 5) is 25.3. The van der Waals surface area contributed by atoms with Crippen LogP contribution < -0.4 is 0 Å². The smallest absolute Gasteiger partial charge is 0.306 e. The number of aliphatic hydroxyl groups excluding tert-OH is 4. The summed E-state index contributed by atoms with van der Waals surface area (Å²) in [6.07, 6.45) is 32.9. The summed E-state index contributed by atoms with van der Waals surface area (Å²) in [7, 11) is 0. The average molecular weight is 781 g/mol. The second kappa shape index (κ2) is 36.3. The number of rotatable bonds is 36. The van der Waals surface area contributed by atoms with E-state index in [9.17, 15) is 30.0 Å². The van der Waals surface area contributed by atoms with E-state index >= 15 is 0 Å². The molecule has 0 amide bonds. The van der Waals surface area contributed by atoms with Gasteiger partial charge in [0.1, 0.15) is 31.0 Å². The molecule has 4 N–H and O–H groups in total. The highest BCUT2D eigenvalue weighted by Crippen LogP contribution is 2.22. The van der Waals surface area contributed by atoms with Crippen LogP contribution in [0.25, 0.3) is 0 Å². The van der Waals surface area contributed by atoms with E-state index in [0.717, 1.165) is 57.8 Å². The second-order valence-corrected chi connectivity index (χ2v) is 15.1. The molecule has 10 heteroatoms. The standard InChI is InChI=1S/C45H80O10/c1-3-5-7-9-11-13-15-17-18-19-20-22-23-25-27-29-31-33-40(47)52-36-38(37-53-45-44(51)43(50)42(49)39(35-46)55-45)54-41(48)34-32-30-28-26-24-21-16-14-12-10-8-6-4-2/h11,13,17-18,21,24,38-39,42-46,49-51H,3-10,12,14-16,19-20,22-23,25-37H2,1-2H3/b13-11+,18-17+,24-21+/t38-,39-,42+,43?,44?,45-/m0/s1. The highest BCUT2D eigenvalue weighted by atomic mass is 16.7. The summed E-state index contributed by atoms with van der Waals surface area (Å²) in [5.41, 5.74) is 0. The molecule has 1 fully saturated rings. The van der Waals surface area contributed by atoms with E-state index in [2.05, 4.69) is 50.3 Å². The fourth-order valence-electron chi connectivity index (χ4n) is 6.45. The Bertz CT molecular complexity index is 996. The first kappa shape index (κ1) is 50.9. The van der Waals surface area contributed by atoms with Crippen molar-refractivity contribution in [3.63, 3.8) is 0 Å². The van der Waals surface area contributed by atoms with Crippen LogP contribution in [0.3, 0.4) is 0 Å². The maximum Gasteiger partial charge on any atom is 0.306 e. The average Bonchev–Trinajstić information content (AvgIpc) is 3.18. The molecule has 1 saturated heterocycles. The molecule has 1 heterocycles. The van der Waals surface area contributed by atoms with E-state index < -0.39 is 49.4 Å². The summed E-state index contributed by atoms with van der Waals surface area (Å²) in [5, 5.41) is 40.0. The molecular formula is C45H80O10. The van der Waals surface area contributed by atoms with Crippen molar-refractivity contribution in [2.24, 2.45) is 0 Å². The maximum atomic E-state index is 12.7. The summed E-state index contributed by atoms with van der Waals surface area (Å²) < 4.78 is 22.1. The number of hydrogen-bond donors (Lipinski definition) is 4. The lowest BCUT2D eigenvalue weighted by Crippen LogP contribution is -2.59. The van der Waals surface area contributed by atoms with Crippen molar-refractivity contribution in [1.82, 2.24) is 0 Å². The van der Waals surface area contributed by atoms with Crippen LogP contribution in [0.15, 0.2) is 36.5 Å². The first-order valence-electron chi connectivity index (χ1n) is 22.1. The van der Waals surface area contributed by atoms with Crippen molar-refractivity contribution in [2.45, 2.75) is 218 Å². The van der Waals surface area contributed by atoms with Crippen molar-refractivity contribution in [1.29, 1.82) is 0 Å². The minimum atomic E-state index is -1.60. The van der Waals surface area contributed by atoms with Crippen LogP contribution in [0, 0.1) is 0 Å². The summed E-state index contributed by atoms with van der Waals surface area (Å²) >= 11 is 0. The molecule has 0 radical (unpaired) electrons. The minimum absolute atomic E-state index is 0.208. The van der Waals surface area contributed by atoms with Gasteiger partial charge in [-0.2, -0.15) is 0 Å². The molecule has 0 aromatic rings. The zero-order valence-corrected chi connectivity index (χ0v) is 34.7. The first-order chi connectivity index (χ1) is 26.8. The highest BCUT2D eigenvalue weighted by Gasteiger charge is 2.44. The van der Waals surface area contributed by atoms with Crippen LogP contribution in [0.2, 0.25) is 0 Å². The van der Waals surface area contributed by atoms with E-state index in [1.807, 2.05) is 0 Å². The van der Waals surface area contributed by atoms with E-state index in [4.69, 9.17) is 18.9 Å². The van der Waals surface area contributed by atoms with Crippen LogP contribution in [0.4, 0.5) is 0 Å². The quantitative estimate of drug-likeness (QED) is 0.0275. The van der Waals surface area contributed by atoms with Crippen molar-refractivity contribution in [3.8, 4) is 0 Å². The Kier molecular flexibility index (Phi) is 33.6. The topological polar surface area (TPSA) is 152 Å². The summed E-state index contributed by atoms with van der Waals surface area (Å²) in [6.45, 7) is 3.36. The fraction of sp³-hybridized carbons (Fsp3) is 0.822. The molecule has 0 spiro atoms. The Balaban J connectivity index is 2.35. The predicted molar refractivity (Wildman–Crippen MR) is 219 cm³/mol. The molecule has 0 aromatic carbocycles. The molecule has 1 rings (SSSR count). The van der Waals surface area contributed by atoms with Gasteiger partial charge in [0.2, 0.25) is 0 Å². The Hall–Kier alpha value is -2.08. The third-order valence-electron chi connectivity index (χ3n) is 10.00. The minimum Gasteiger partial charge on any atom is -0.462 e. The van der Waals surface area contributed by atoms with Crippen LogP contribution in [0.1, 0.15) is 181 Å². The van der Waals surface area contributed by atoms with Crippen molar-refractivity contribution >= 4 is 11.9 Å². The van der Waals surface area contributed by atoms with Gasteiger partial charge in [-0.1, -0.05) is 134 Å². The van der Waals surface area contributed by atoms with Crippen LogP contribution >= 0.6 is 0 Å². The Labute approximate surface area is 334 Å². The van der Waals surface area contributed by atoms with Gasteiger partial charge in [-0.3, -0.25) is 9.59 Å². The van der Waals surface area contributed by atoms with E-state index in [1.165, 1.54) is 83.5 Å². The van der Waals surface area contributed by atoms with Crippen LogP contribution in [-0.4, -0.2) is 89.0 Å². The third-order valence-corrected chi connectivity index (χ3v) is 10.00. The molecule has 6 atom stereocenters. The number of ether oxygens (including phenoxy) is 4. The molecule has 0 aliphatic carbocycles. The molecule has 1 aliphatic heterocycles. The SMILES string of the molecule is CCCCC/C=C/C/C=C/CCCCCCCCCC(=O)OC[C@@H](CO[C@H]1O[C@@H](CO)[C@@H](O)C(O)C1O)OC(=O)CCCCC/C=C/CCCCCCCC. The largest absolute Gasteiger partial charge is 0.462 e. The van der Waals surface area contributed by atoms with Crippen molar-refractivity contribution in [2.75, 3.05) is 19.8 Å². The first-order valence-corrected chi connectivity index (χ1v) is 22.1. The van der Waals surface area contributed by atoms with Gasteiger partial charge in [-0.05, 0) is 70.6 Å². The number of unbranched alkanes of at least 4 members (excludes halogenated alkanes) is 19. The molecule has 0 bridgehead atoms. The zero-order chi connectivity index (χ0) is 40.2. The van der Waals surface area contributed by atoms with Gasteiger partial charge >= 0.3 is 11.9 Å². The Morgan fingerprint density at radius 1 is 0.564 bits per heavy atom. The second-order valence-electron chi connectivity index (χ2n) is 15.1. The molecule has 0 aromatic heterocycles. The van der Waals surface area contributed by atoms with Crippen LogP contribution in [0.5, 0.6) is 0 Å². The van der Waals surface area contributed by atoms with E-state index in [1.54, 1.807) is 0 Å². The van der Waals surface area contributed by atoms with Gasteiger partial charge in [0.15, 0.2) is 12.4 Å². The lowest BCUT2D eigenvalue weighted by Gasteiger charge is -2.39. The van der Waals surface area contributed by atoms with Crippen LogP contribution in [-0.2, 0) is 28.5 Å². The number of esters is 2. The van der Waals surface area contributed by atoms with Gasteiger partial charge in [0.05, 0.1) is 13.2 Å². The van der Waals surface area contributed by atoms with Gasteiger partial charge < -0.3 is 39.4 Å². The predicted octanol–water partition coefficient (Wildman–Crippen LogP) is 9.11. The normalized spacial score (nSPS) is 20.9. The molecule has 55 heavy (non-hydrogen) atoms. The monoisotopic (exact) mass is 781 g/mol. The molecule has 1 aliphatic rings. The van der Waals surface area contributed by atoms with Gasteiger partial charge in [-0.25, -0.2) is 0 Å². The summed E-state index contributed by atoms with van der Waals surface area (Å²) in [6, 6.07) is 0. The molecular weight excluding hydrogens is 700 g/mol. The molecule has 320 valence electrons. The molecule has 2 unspecified atom stereocenters. The molecule has 10 nitrogen and oxygen atoms in total. The van der Waals surface area contributed by atoms with E-state index in [-0.39, 0.29) is 32.0 Å². The third kappa shape index (κ3) is 28.0.